The third kappa shape index (κ3) is 11.9. The predicted molar refractivity (Wildman–Crippen MR) is 71.6 cm³/mol. The SMILES string of the molecule is COC(CCCCCCCCCCC(=O)O)OC. The molecule has 0 aliphatic carbocycles. The summed E-state index contributed by atoms with van der Waals surface area (Å²) >= 11 is 0. The molecular weight excluding hydrogens is 232 g/mol. The van der Waals surface area contributed by atoms with Gasteiger partial charge in [-0.3, -0.25) is 4.79 Å². The van der Waals surface area contributed by atoms with Crippen molar-refractivity contribution in [3.05, 3.63) is 0 Å². The molecule has 0 aliphatic heterocycles. The quantitative estimate of drug-likeness (QED) is 0.406. The molecule has 0 aromatic carbocycles. The van der Waals surface area contributed by atoms with Crippen molar-refractivity contribution in [2.45, 2.75) is 70.5 Å². The van der Waals surface area contributed by atoms with Gasteiger partial charge in [0.05, 0.1) is 0 Å². The van der Waals surface area contributed by atoms with Crippen LogP contribution < -0.4 is 0 Å². The second-order valence-corrected chi connectivity index (χ2v) is 4.66. The zero-order chi connectivity index (χ0) is 13.6. The molecule has 0 spiro atoms. The van der Waals surface area contributed by atoms with Crippen LogP contribution in [0.2, 0.25) is 0 Å². The normalized spacial score (nSPS) is 11.1. The summed E-state index contributed by atoms with van der Waals surface area (Å²) in [6.45, 7) is 0. The van der Waals surface area contributed by atoms with Crippen molar-refractivity contribution >= 4 is 5.97 Å². The molecule has 18 heavy (non-hydrogen) atoms. The van der Waals surface area contributed by atoms with Crippen LogP contribution in [0.4, 0.5) is 0 Å². The molecule has 0 aromatic heterocycles. The van der Waals surface area contributed by atoms with Gasteiger partial charge in [-0.2, -0.15) is 0 Å². The van der Waals surface area contributed by atoms with Gasteiger partial charge in [0, 0.05) is 20.6 Å². The average molecular weight is 260 g/mol. The van der Waals surface area contributed by atoms with E-state index >= 15 is 0 Å². The Bertz CT molecular complexity index is 190. The number of hydrogen-bond donors (Lipinski definition) is 1. The Morgan fingerprint density at radius 2 is 1.33 bits per heavy atom. The fourth-order valence-corrected chi connectivity index (χ4v) is 1.98. The molecule has 1 N–H and O–H groups in total. The molecule has 4 heteroatoms. The first-order valence-corrected chi connectivity index (χ1v) is 6.98. The third-order valence-corrected chi connectivity index (χ3v) is 3.11. The van der Waals surface area contributed by atoms with Crippen LogP contribution in [-0.2, 0) is 14.3 Å². The summed E-state index contributed by atoms with van der Waals surface area (Å²) < 4.78 is 10.2. The molecule has 4 nitrogen and oxygen atoms in total. The van der Waals surface area contributed by atoms with Crippen LogP contribution in [0.5, 0.6) is 0 Å². The summed E-state index contributed by atoms with van der Waals surface area (Å²) in [5.74, 6) is -0.680. The van der Waals surface area contributed by atoms with Gasteiger partial charge in [0.25, 0.3) is 0 Å². The molecular formula is C14H28O4. The molecule has 0 fully saturated rings. The van der Waals surface area contributed by atoms with Gasteiger partial charge >= 0.3 is 5.97 Å². The highest BCUT2D eigenvalue weighted by molar-refractivity contribution is 5.66. The van der Waals surface area contributed by atoms with Crippen molar-refractivity contribution in [2.75, 3.05) is 14.2 Å². The molecule has 0 amide bonds. The lowest BCUT2D eigenvalue weighted by Crippen LogP contribution is -2.12. The molecule has 0 saturated carbocycles. The molecule has 0 bridgehead atoms. The second-order valence-electron chi connectivity index (χ2n) is 4.66. The number of methoxy groups -OCH3 is 2. The number of ether oxygens (including phenoxy) is 2. The molecule has 0 aromatic rings. The second kappa shape index (κ2) is 12.8. The minimum atomic E-state index is -0.680. The fourth-order valence-electron chi connectivity index (χ4n) is 1.98. The van der Waals surface area contributed by atoms with Crippen LogP contribution in [0, 0.1) is 0 Å². The fraction of sp³-hybridized carbons (Fsp3) is 0.929. The summed E-state index contributed by atoms with van der Waals surface area (Å²) in [5, 5.41) is 8.48. The Balaban J connectivity index is 3.09. The standard InChI is InChI=1S/C14H28O4/c1-17-14(18-2)12-10-8-6-4-3-5-7-9-11-13(15)16/h14H,3-12H2,1-2H3,(H,15,16). The maximum absolute atomic E-state index is 10.3. The van der Waals surface area contributed by atoms with Gasteiger partial charge in [0.15, 0.2) is 6.29 Å². The van der Waals surface area contributed by atoms with Crippen LogP contribution in [0.1, 0.15) is 64.2 Å². The Morgan fingerprint density at radius 1 is 0.889 bits per heavy atom. The van der Waals surface area contributed by atoms with Gasteiger partial charge in [-0.15, -0.1) is 0 Å². The largest absolute Gasteiger partial charge is 0.481 e. The van der Waals surface area contributed by atoms with E-state index in [4.69, 9.17) is 14.6 Å². The highest BCUT2D eigenvalue weighted by atomic mass is 16.7. The highest BCUT2D eigenvalue weighted by Crippen LogP contribution is 2.12. The van der Waals surface area contributed by atoms with E-state index in [0.29, 0.717) is 6.42 Å². The Kier molecular flexibility index (Phi) is 12.4. The zero-order valence-corrected chi connectivity index (χ0v) is 11.8. The Labute approximate surface area is 111 Å². The van der Waals surface area contributed by atoms with Gasteiger partial charge < -0.3 is 14.6 Å². The summed E-state index contributed by atoms with van der Waals surface area (Å²) in [5.41, 5.74) is 0. The van der Waals surface area contributed by atoms with E-state index in [-0.39, 0.29) is 6.29 Å². The number of rotatable bonds is 13. The van der Waals surface area contributed by atoms with Crippen molar-refractivity contribution in [2.24, 2.45) is 0 Å². The van der Waals surface area contributed by atoms with E-state index in [1.165, 1.54) is 25.7 Å². The lowest BCUT2D eigenvalue weighted by Gasteiger charge is -2.12. The molecule has 108 valence electrons. The summed E-state index contributed by atoms with van der Waals surface area (Å²) in [6.07, 6.45) is 10.3. The van der Waals surface area contributed by atoms with E-state index in [0.717, 1.165) is 32.1 Å². The third-order valence-electron chi connectivity index (χ3n) is 3.11. The van der Waals surface area contributed by atoms with Gasteiger partial charge in [-0.25, -0.2) is 0 Å². The number of aliphatic carboxylic acids is 1. The van der Waals surface area contributed by atoms with Crippen LogP contribution in [-0.4, -0.2) is 31.6 Å². The summed E-state index contributed by atoms with van der Waals surface area (Å²) in [4.78, 5) is 10.3. The summed E-state index contributed by atoms with van der Waals surface area (Å²) in [7, 11) is 3.34. The smallest absolute Gasteiger partial charge is 0.303 e. The molecule has 0 aliphatic rings. The minimum absolute atomic E-state index is 0.0546. The Morgan fingerprint density at radius 3 is 1.78 bits per heavy atom. The lowest BCUT2D eigenvalue weighted by molar-refractivity contribution is -0.137. The maximum atomic E-state index is 10.3. The molecule has 0 heterocycles. The van der Waals surface area contributed by atoms with Gasteiger partial charge in [0.2, 0.25) is 0 Å². The van der Waals surface area contributed by atoms with Crippen LogP contribution >= 0.6 is 0 Å². The van der Waals surface area contributed by atoms with E-state index in [1.54, 1.807) is 14.2 Å². The summed E-state index contributed by atoms with van der Waals surface area (Å²) in [6, 6.07) is 0. The number of unbranched alkanes of at least 4 members (excludes halogenated alkanes) is 7. The first kappa shape index (κ1) is 17.4. The number of carbonyl (C=O) groups is 1. The number of carboxylic acids is 1. The molecule has 0 saturated heterocycles. The maximum Gasteiger partial charge on any atom is 0.303 e. The predicted octanol–water partition coefficient (Wildman–Crippen LogP) is 3.59. The molecule has 0 radical (unpaired) electrons. The molecule has 0 atom stereocenters. The zero-order valence-electron chi connectivity index (χ0n) is 11.8. The van der Waals surface area contributed by atoms with Gasteiger partial charge in [0.1, 0.15) is 0 Å². The number of carboxylic acid groups (broad SMARTS) is 1. The highest BCUT2D eigenvalue weighted by Gasteiger charge is 2.03. The van der Waals surface area contributed by atoms with E-state index in [1.807, 2.05) is 0 Å². The van der Waals surface area contributed by atoms with E-state index in [9.17, 15) is 4.79 Å². The lowest BCUT2D eigenvalue weighted by atomic mass is 10.1. The molecule has 0 unspecified atom stereocenters. The molecule has 0 rings (SSSR count). The van der Waals surface area contributed by atoms with Crippen LogP contribution in [0.3, 0.4) is 0 Å². The van der Waals surface area contributed by atoms with Crippen molar-refractivity contribution in [3.63, 3.8) is 0 Å². The van der Waals surface area contributed by atoms with Crippen LogP contribution in [0.15, 0.2) is 0 Å². The van der Waals surface area contributed by atoms with E-state index < -0.39 is 5.97 Å². The van der Waals surface area contributed by atoms with Crippen molar-refractivity contribution in [3.8, 4) is 0 Å². The van der Waals surface area contributed by atoms with E-state index in [2.05, 4.69) is 0 Å². The van der Waals surface area contributed by atoms with Gasteiger partial charge in [-0.05, 0) is 19.3 Å². The number of hydrogen-bond acceptors (Lipinski definition) is 3. The topological polar surface area (TPSA) is 55.8 Å². The van der Waals surface area contributed by atoms with Crippen LogP contribution in [0.25, 0.3) is 0 Å². The Hall–Kier alpha value is -0.610. The first-order chi connectivity index (χ1) is 8.70. The first-order valence-electron chi connectivity index (χ1n) is 6.98. The minimum Gasteiger partial charge on any atom is -0.481 e. The average Bonchev–Trinajstić information content (AvgIpc) is 2.36. The van der Waals surface area contributed by atoms with Crippen molar-refractivity contribution < 1.29 is 19.4 Å². The van der Waals surface area contributed by atoms with Crippen molar-refractivity contribution in [1.82, 2.24) is 0 Å². The van der Waals surface area contributed by atoms with Gasteiger partial charge in [-0.1, -0.05) is 38.5 Å². The monoisotopic (exact) mass is 260 g/mol. The van der Waals surface area contributed by atoms with Crippen molar-refractivity contribution in [1.29, 1.82) is 0 Å².